The van der Waals surface area contributed by atoms with Crippen LogP contribution in [-0.4, -0.2) is 54.8 Å². The maximum Gasteiger partial charge on any atom is 0.335 e. The standard InChI is InChI=1S/C40H59NO5S/c1-26(2)29-14-19-40(41-22-24-47(45,46)25-23-42)21-20-38(6)31(34(29)40)12-13-33-37(5)17-15-30(27-8-10-28(11-9-27)35(43)44)36(3,4)32(37)16-18-39(33,38)7/h8-11,15,29,31-34,41-42H,1,12-14,16-25H2,2-7H3,(H,43,44). The molecule has 7 heteroatoms. The molecular formula is C40H59NO5S. The van der Waals surface area contributed by atoms with Crippen LogP contribution >= 0.6 is 0 Å². The Morgan fingerprint density at radius 1 is 0.915 bits per heavy atom. The Balaban J connectivity index is 1.30. The van der Waals surface area contributed by atoms with Crippen LogP contribution in [0.5, 0.6) is 0 Å². The maximum absolute atomic E-state index is 12.5. The molecular weight excluding hydrogens is 607 g/mol. The summed E-state index contributed by atoms with van der Waals surface area (Å²) in [6, 6.07) is 7.50. The number of hydrogen-bond acceptors (Lipinski definition) is 5. The second-order valence-electron chi connectivity index (χ2n) is 17.6. The van der Waals surface area contributed by atoms with Crippen molar-refractivity contribution in [2.24, 2.45) is 51.2 Å². The maximum atomic E-state index is 12.5. The van der Waals surface area contributed by atoms with Crippen molar-refractivity contribution in [2.45, 2.75) is 105 Å². The van der Waals surface area contributed by atoms with E-state index in [4.69, 9.17) is 0 Å². The van der Waals surface area contributed by atoms with E-state index < -0.39 is 15.8 Å². The minimum absolute atomic E-state index is 0.0185. The largest absolute Gasteiger partial charge is 0.478 e. The van der Waals surface area contributed by atoms with Gasteiger partial charge in [-0.15, -0.1) is 0 Å². The third kappa shape index (κ3) is 5.31. The van der Waals surface area contributed by atoms with Crippen molar-refractivity contribution >= 4 is 21.4 Å². The average molecular weight is 666 g/mol. The van der Waals surface area contributed by atoms with E-state index in [0.29, 0.717) is 41.7 Å². The first-order chi connectivity index (χ1) is 22.0. The molecule has 260 valence electrons. The molecule has 0 saturated heterocycles. The number of aliphatic hydroxyl groups is 1. The number of sulfone groups is 1. The molecule has 0 aromatic heterocycles. The van der Waals surface area contributed by atoms with Crippen molar-refractivity contribution in [1.82, 2.24) is 5.32 Å². The highest BCUT2D eigenvalue weighted by molar-refractivity contribution is 7.91. The quantitative estimate of drug-likeness (QED) is 0.233. The van der Waals surface area contributed by atoms with Gasteiger partial charge in [-0.1, -0.05) is 65.0 Å². The summed E-state index contributed by atoms with van der Waals surface area (Å²) in [5.41, 5.74) is 4.66. The number of benzene rings is 1. The van der Waals surface area contributed by atoms with E-state index in [9.17, 15) is 23.4 Å². The number of nitrogens with one attached hydrogen (secondary N) is 1. The molecule has 9 unspecified atom stereocenters. The summed E-state index contributed by atoms with van der Waals surface area (Å²) in [5, 5.41) is 22.6. The first-order valence-electron chi connectivity index (χ1n) is 18.2. The molecule has 5 aliphatic carbocycles. The highest BCUT2D eigenvalue weighted by Gasteiger charge is 2.70. The zero-order valence-corrected chi connectivity index (χ0v) is 30.5. The van der Waals surface area contributed by atoms with E-state index in [2.05, 4.69) is 59.5 Å². The summed E-state index contributed by atoms with van der Waals surface area (Å²) in [7, 11) is -3.27. The Labute approximate surface area is 283 Å². The zero-order chi connectivity index (χ0) is 34.2. The lowest BCUT2D eigenvalue weighted by Gasteiger charge is -2.72. The number of carboxylic acid groups (broad SMARTS) is 1. The normalized spacial score (nSPS) is 40.7. The predicted octanol–water partition coefficient (Wildman–Crippen LogP) is 7.78. The van der Waals surface area contributed by atoms with Crippen LogP contribution in [-0.2, 0) is 9.84 Å². The smallest absolute Gasteiger partial charge is 0.335 e. The van der Waals surface area contributed by atoms with Crippen LogP contribution in [0.4, 0.5) is 0 Å². The number of rotatable bonds is 9. The molecule has 0 spiro atoms. The van der Waals surface area contributed by atoms with Crippen molar-refractivity contribution < 1.29 is 23.4 Å². The molecule has 4 fully saturated rings. The molecule has 47 heavy (non-hydrogen) atoms. The molecule has 4 saturated carbocycles. The van der Waals surface area contributed by atoms with Crippen molar-refractivity contribution in [2.75, 3.05) is 24.7 Å². The summed E-state index contributed by atoms with van der Waals surface area (Å²) in [6.07, 6.45) is 12.9. The number of carbonyl (C=O) groups is 1. The van der Waals surface area contributed by atoms with Gasteiger partial charge < -0.3 is 15.5 Å². The van der Waals surface area contributed by atoms with Crippen molar-refractivity contribution in [3.05, 3.63) is 53.6 Å². The topological polar surface area (TPSA) is 104 Å². The number of fused-ring (bicyclic) bond motifs is 7. The first-order valence-corrected chi connectivity index (χ1v) is 20.0. The molecule has 0 amide bonds. The minimum atomic E-state index is -3.27. The number of allylic oxidation sites excluding steroid dienone is 3. The van der Waals surface area contributed by atoms with Gasteiger partial charge in [-0.3, -0.25) is 0 Å². The van der Waals surface area contributed by atoms with E-state index >= 15 is 0 Å². The molecule has 5 aliphatic rings. The Hall–Kier alpha value is -1.96. The highest BCUT2D eigenvalue weighted by atomic mass is 32.2. The first kappa shape index (κ1) is 34.9. The lowest BCUT2D eigenvalue weighted by atomic mass is 9.33. The highest BCUT2D eigenvalue weighted by Crippen LogP contribution is 2.76. The second kappa shape index (κ2) is 11.8. The third-order valence-corrected chi connectivity index (χ3v) is 17.0. The van der Waals surface area contributed by atoms with Crippen LogP contribution in [0.15, 0.2) is 42.5 Å². The lowest BCUT2D eigenvalue weighted by Crippen LogP contribution is -2.68. The van der Waals surface area contributed by atoms with E-state index in [0.717, 1.165) is 31.2 Å². The summed E-state index contributed by atoms with van der Waals surface area (Å²) in [5.74, 6) is 1.69. The van der Waals surface area contributed by atoms with Gasteiger partial charge in [-0.25, -0.2) is 13.2 Å². The monoisotopic (exact) mass is 665 g/mol. The summed E-state index contributed by atoms with van der Waals surface area (Å²) < 4.78 is 25.0. The van der Waals surface area contributed by atoms with Crippen molar-refractivity contribution in [3.8, 4) is 0 Å². The number of aliphatic hydroxyl groups excluding tert-OH is 1. The lowest BCUT2D eigenvalue weighted by molar-refractivity contribution is -0.219. The van der Waals surface area contributed by atoms with E-state index in [1.54, 1.807) is 12.1 Å². The zero-order valence-electron chi connectivity index (χ0n) is 29.7. The van der Waals surface area contributed by atoms with Gasteiger partial charge in [-0.05, 0) is 139 Å². The molecule has 6 rings (SSSR count). The van der Waals surface area contributed by atoms with Gasteiger partial charge >= 0.3 is 5.97 Å². The second-order valence-corrected chi connectivity index (χ2v) is 19.9. The number of hydrogen-bond donors (Lipinski definition) is 3. The van der Waals surface area contributed by atoms with Crippen molar-refractivity contribution in [3.63, 3.8) is 0 Å². The van der Waals surface area contributed by atoms with Gasteiger partial charge in [0.15, 0.2) is 9.84 Å². The summed E-state index contributed by atoms with van der Waals surface area (Å²) in [6.45, 7) is 19.6. The Kier molecular flexibility index (Phi) is 8.78. The Morgan fingerprint density at radius 3 is 2.26 bits per heavy atom. The van der Waals surface area contributed by atoms with Crippen LogP contribution < -0.4 is 5.32 Å². The van der Waals surface area contributed by atoms with E-state index in [-0.39, 0.29) is 45.3 Å². The van der Waals surface area contributed by atoms with Crippen LogP contribution in [0.3, 0.4) is 0 Å². The van der Waals surface area contributed by atoms with Gasteiger partial charge in [0.2, 0.25) is 0 Å². The molecule has 3 N–H and O–H groups in total. The SMILES string of the molecule is C=C(C)C1CCC2(NCCS(=O)(=O)CCO)CCC3(C)C(CCC4C5(C)CC=C(c6ccc(C(=O)O)cc6)C(C)(C)C5CCC43C)C12. The summed E-state index contributed by atoms with van der Waals surface area (Å²) in [4.78, 5) is 11.5. The minimum Gasteiger partial charge on any atom is -0.478 e. The van der Waals surface area contributed by atoms with Crippen LogP contribution in [0, 0.1) is 51.2 Å². The molecule has 0 radical (unpaired) electrons. The van der Waals surface area contributed by atoms with Crippen LogP contribution in [0.2, 0.25) is 0 Å². The molecule has 1 aromatic rings. The van der Waals surface area contributed by atoms with Gasteiger partial charge in [0, 0.05) is 12.1 Å². The predicted molar refractivity (Wildman–Crippen MR) is 190 cm³/mol. The molecule has 0 bridgehead atoms. The van der Waals surface area contributed by atoms with E-state index in [1.807, 2.05) is 12.1 Å². The molecule has 0 heterocycles. The molecule has 1 aromatic carbocycles. The fourth-order valence-electron chi connectivity index (χ4n) is 13.0. The fourth-order valence-corrected chi connectivity index (χ4v) is 13.9. The van der Waals surface area contributed by atoms with Crippen LogP contribution in [0.25, 0.3) is 5.57 Å². The van der Waals surface area contributed by atoms with Gasteiger partial charge in [0.25, 0.3) is 0 Å². The van der Waals surface area contributed by atoms with Gasteiger partial charge in [0.05, 0.1) is 23.7 Å². The number of carboxylic acids is 1. The molecule has 0 aliphatic heterocycles. The summed E-state index contributed by atoms with van der Waals surface area (Å²) >= 11 is 0. The van der Waals surface area contributed by atoms with Crippen molar-refractivity contribution in [1.29, 1.82) is 0 Å². The third-order valence-electron chi connectivity index (χ3n) is 15.4. The number of aromatic carboxylic acids is 1. The average Bonchev–Trinajstić information content (AvgIpc) is 3.37. The van der Waals surface area contributed by atoms with Gasteiger partial charge in [0.1, 0.15) is 0 Å². The van der Waals surface area contributed by atoms with Gasteiger partial charge in [-0.2, -0.15) is 0 Å². The fraction of sp³-hybridized carbons (Fsp3) is 0.725. The van der Waals surface area contributed by atoms with Crippen LogP contribution in [0.1, 0.15) is 115 Å². The molecule has 9 atom stereocenters. The Bertz CT molecular complexity index is 1550. The molecule has 6 nitrogen and oxygen atoms in total. The van der Waals surface area contributed by atoms with E-state index in [1.165, 1.54) is 43.3 Å². The Morgan fingerprint density at radius 2 is 1.62 bits per heavy atom.